The van der Waals surface area contributed by atoms with Crippen molar-refractivity contribution in [2.24, 2.45) is 0 Å². The first-order chi connectivity index (χ1) is 9.69. The van der Waals surface area contributed by atoms with Gasteiger partial charge < -0.3 is 0 Å². The van der Waals surface area contributed by atoms with Crippen molar-refractivity contribution in [1.82, 2.24) is 0 Å². The van der Waals surface area contributed by atoms with E-state index >= 15 is 0 Å². The van der Waals surface area contributed by atoms with Crippen LogP contribution in [-0.2, 0) is 12.8 Å². The van der Waals surface area contributed by atoms with Gasteiger partial charge in [-0.2, -0.15) is 0 Å². The first kappa shape index (κ1) is 15.2. The van der Waals surface area contributed by atoms with Crippen LogP contribution in [0.15, 0.2) is 47.4 Å². The molecule has 0 atom stereocenters. The third kappa shape index (κ3) is 4.42. The smallest absolute Gasteiger partial charge is 0.00748 e. The molecular weight excluding hydrogens is 260 g/mol. The Kier molecular flexibility index (Phi) is 5.72. The largest absolute Gasteiger partial charge is 0.143 e. The van der Waals surface area contributed by atoms with Crippen LogP contribution in [0.4, 0.5) is 0 Å². The molecule has 0 bridgehead atoms. The molecule has 0 aromatic heterocycles. The number of hydrogen-bond donors (Lipinski definition) is 1. The molecule has 2 rings (SSSR count). The monoisotopic (exact) mass is 284 g/mol. The number of hydrogen-bond acceptors (Lipinski definition) is 1. The van der Waals surface area contributed by atoms with Crippen LogP contribution in [0.1, 0.15) is 48.4 Å². The zero-order valence-electron chi connectivity index (χ0n) is 12.5. The Labute approximate surface area is 128 Å². The lowest BCUT2D eigenvalue weighted by Crippen LogP contribution is -1.93. The Morgan fingerprint density at radius 2 is 1.75 bits per heavy atom. The van der Waals surface area contributed by atoms with Crippen LogP contribution in [0.3, 0.4) is 0 Å². The SMILES string of the molecule is CCCCCc1ccc(Cc2cccc(C)c2)cc1S. The molecule has 2 aromatic carbocycles. The van der Waals surface area contributed by atoms with Crippen molar-refractivity contribution in [1.29, 1.82) is 0 Å². The zero-order chi connectivity index (χ0) is 14.4. The molecule has 2 aromatic rings. The molecule has 20 heavy (non-hydrogen) atoms. The average Bonchev–Trinajstić information content (AvgIpc) is 2.41. The van der Waals surface area contributed by atoms with Crippen molar-refractivity contribution >= 4 is 12.6 Å². The van der Waals surface area contributed by atoms with E-state index in [4.69, 9.17) is 0 Å². The summed E-state index contributed by atoms with van der Waals surface area (Å²) in [5, 5.41) is 0. The molecule has 0 radical (unpaired) electrons. The summed E-state index contributed by atoms with van der Waals surface area (Å²) in [5.74, 6) is 0. The van der Waals surface area contributed by atoms with Crippen molar-refractivity contribution in [2.75, 3.05) is 0 Å². The zero-order valence-corrected chi connectivity index (χ0v) is 13.4. The van der Waals surface area contributed by atoms with Gasteiger partial charge in [0, 0.05) is 4.90 Å². The van der Waals surface area contributed by atoms with Crippen molar-refractivity contribution < 1.29 is 0 Å². The maximum Gasteiger partial charge on any atom is 0.00748 e. The summed E-state index contributed by atoms with van der Waals surface area (Å²) in [6.45, 7) is 4.39. The van der Waals surface area contributed by atoms with Gasteiger partial charge in [-0.05, 0) is 48.9 Å². The third-order valence-electron chi connectivity index (χ3n) is 3.69. The van der Waals surface area contributed by atoms with Gasteiger partial charge in [0.05, 0.1) is 0 Å². The molecule has 0 aliphatic heterocycles. The highest BCUT2D eigenvalue weighted by Gasteiger charge is 2.02. The van der Waals surface area contributed by atoms with Crippen molar-refractivity contribution in [3.05, 3.63) is 64.7 Å². The van der Waals surface area contributed by atoms with E-state index in [1.807, 2.05) is 0 Å². The molecule has 0 aliphatic rings. The van der Waals surface area contributed by atoms with Crippen LogP contribution >= 0.6 is 12.6 Å². The van der Waals surface area contributed by atoms with Crippen LogP contribution < -0.4 is 0 Å². The Balaban J connectivity index is 2.05. The fraction of sp³-hybridized carbons (Fsp3) is 0.368. The first-order valence-corrected chi connectivity index (χ1v) is 8.00. The first-order valence-electron chi connectivity index (χ1n) is 7.55. The fourth-order valence-corrected chi connectivity index (χ4v) is 2.91. The van der Waals surface area contributed by atoms with E-state index in [0.717, 1.165) is 17.7 Å². The predicted octanol–water partition coefficient (Wildman–Crippen LogP) is 5.61. The standard InChI is InChI=1S/C19H24S/c1-3-4-5-9-18-11-10-17(14-19(18)20)13-16-8-6-7-15(2)12-16/h6-8,10-12,14,20H,3-5,9,13H2,1-2H3. The highest BCUT2D eigenvalue weighted by molar-refractivity contribution is 7.80. The summed E-state index contributed by atoms with van der Waals surface area (Å²) < 4.78 is 0. The molecule has 0 fully saturated rings. The topological polar surface area (TPSA) is 0 Å². The molecule has 0 N–H and O–H groups in total. The van der Waals surface area contributed by atoms with Crippen molar-refractivity contribution in [3.8, 4) is 0 Å². The molecule has 0 heterocycles. The summed E-state index contributed by atoms with van der Waals surface area (Å²) >= 11 is 4.66. The number of unbranched alkanes of at least 4 members (excludes halogenated alkanes) is 2. The molecule has 0 nitrogen and oxygen atoms in total. The van der Waals surface area contributed by atoms with E-state index in [2.05, 4.69) is 68.9 Å². The summed E-state index contributed by atoms with van der Waals surface area (Å²) in [5.41, 5.74) is 5.43. The van der Waals surface area contributed by atoms with Crippen LogP contribution in [0, 0.1) is 6.92 Å². The minimum atomic E-state index is 0.991. The normalized spacial score (nSPS) is 10.8. The van der Waals surface area contributed by atoms with Gasteiger partial charge in [0.2, 0.25) is 0 Å². The lowest BCUT2D eigenvalue weighted by molar-refractivity contribution is 0.712. The predicted molar refractivity (Wildman–Crippen MR) is 90.9 cm³/mol. The van der Waals surface area contributed by atoms with E-state index in [1.54, 1.807) is 0 Å². The minimum Gasteiger partial charge on any atom is -0.143 e. The Bertz CT molecular complexity index is 557. The average molecular weight is 284 g/mol. The summed E-state index contributed by atoms with van der Waals surface area (Å²) in [7, 11) is 0. The molecular formula is C19H24S. The lowest BCUT2D eigenvalue weighted by atomic mass is 10.0. The van der Waals surface area contributed by atoms with Gasteiger partial charge in [0.15, 0.2) is 0 Å². The second kappa shape index (κ2) is 7.54. The van der Waals surface area contributed by atoms with Gasteiger partial charge in [-0.15, -0.1) is 12.6 Å². The summed E-state index contributed by atoms with van der Waals surface area (Å²) in [6.07, 6.45) is 5.98. The Morgan fingerprint density at radius 3 is 2.45 bits per heavy atom. The van der Waals surface area contributed by atoms with Crippen LogP contribution in [0.2, 0.25) is 0 Å². The summed E-state index contributed by atoms with van der Waals surface area (Å²) in [4.78, 5) is 1.14. The minimum absolute atomic E-state index is 0.991. The molecule has 1 heteroatoms. The van der Waals surface area contributed by atoms with Gasteiger partial charge in [-0.1, -0.05) is 61.7 Å². The number of benzene rings is 2. The van der Waals surface area contributed by atoms with Gasteiger partial charge in [-0.3, -0.25) is 0 Å². The highest BCUT2D eigenvalue weighted by Crippen LogP contribution is 2.20. The Hall–Kier alpha value is -1.21. The lowest BCUT2D eigenvalue weighted by Gasteiger charge is -2.08. The number of aryl methyl sites for hydroxylation is 2. The van der Waals surface area contributed by atoms with Crippen LogP contribution in [-0.4, -0.2) is 0 Å². The van der Waals surface area contributed by atoms with Crippen LogP contribution in [0.25, 0.3) is 0 Å². The van der Waals surface area contributed by atoms with Crippen molar-refractivity contribution in [2.45, 2.75) is 50.8 Å². The molecule has 0 unspecified atom stereocenters. The number of rotatable bonds is 6. The second-order valence-corrected chi connectivity index (χ2v) is 6.07. The summed E-state index contributed by atoms with van der Waals surface area (Å²) in [6, 6.07) is 15.5. The molecule has 0 aliphatic carbocycles. The van der Waals surface area contributed by atoms with Gasteiger partial charge in [-0.25, -0.2) is 0 Å². The maximum atomic E-state index is 4.66. The maximum absolute atomic E-state index is 4.66. The van der Waals surface area contributed by atoms with Gasteiger partial charge in [0.25, 0.3) is 0 Å². The van der Waals surface area contributed by atoms with E-state index in [-0.39, 0.29) is 0 Å². The number of thiol groups is 1. The van der Waals surface area contributed by atoms with Crippen LogP contribution in [0.5, 0.6) is 0 Å². The van der Waals surface area contributed by atoms with E-state index in [9.17, 15) is 0 Å². The molecule has 0 saturated carbocycles. The van der Waals surface area contributed by atoms with Crippen molar-refractivity contribution in [3.63, 3.8) is 0 Å². The fourth-order valence-electron chi connectivity index (χ4n) is 2.55. The van der Waals surface area contributed by atoms with E-state index in [0.29, 0.717) is 0 Å². The van der Waals surface area contributed by atoms with Gasteiger partial charge >= 0.3 is 0 Å². The molecule has 0 saturated heterocycles. The molecule has 106 valence electrons. The highest BCUT2D eigenvalue weighted by atomic mass is 32.1. The van der Waals surface area contributed by atoms with E-state index in [1.165, 1.54) is 41.5 Å². The molecule has 0 spiro atoms. The Morgan fingerprint density at radius 1 is 0.950 bits per heavy atom. The quantitative estimate of drug-likeness (QED) is 0.517. The second-order valence-electron chi connectivity index (χ2n) is 5.59. The van der Waals surface area contributed by atoms with Gasteiger partial charge in [0.1, 0.15) is 0 Å². The third-order valence-corrected chi connectivity index (χ3v) is 4.11. The van der Waals surface area contributed by atoms with E-state index < -0.39 is 0 Å². The molecule has 0 amide bonds.